The van der Waals surface area contributed by atoms with Crippen molar-refractivity contribution >= 4 is 17.5 Å². The Morgan fingerprint density at radius 1 is 1.08 bits per heavy atom. The summed E-state index contributed by atoms with van der Waals surface area (Å²) in [4.78, 5) is 26.3. The van der Waals surface area contributed by atoms with Crippen LogP contribution in [-0.4, -0.2) is 85.3 Å². The first-order valence-electron chi connectivity index (χ1n) is 13.3. The van der Waals surface area contributed by atoms with Crippen molar-refractivity contribution in [1.82, 2.24) is 0 Å². The number of rotatable bonds is 9. The second-order valence-corrected chi connectivity index (χ2v) is 12.3. The van der Waals surface area contributed by atoms with Crippen LogP contribution < -0.4 is 21.9 Å². The van der Waals surface area contributed by atoms with Crippen molar-refractivity contribution in [2.75, 3.05) is 34.2 Å². The molecule has 0 bridgehead atoms. The van der Waals surface area contributed by atoms with Gasteiger partial charge in [0.1, 0.15) is 0 Å². The van der Waals surface area contributed by atoms with Crippen molar-refractivity contribution in [2.45, 2.75) is 91.6 Å². The number of aliphatic hydroxyl groups is 2. The van der Waals surface area contributed by atoms with Gasteiger partial charge in [-0.25, -0.2) is 0 Å². The molecule has 0 amide bonds. The standard InChI is InChI=1S/C27H49INO9/c1-11-21-27(8,33)24(31)18(4)22(29-28-37-15-36-13-12-34-9)16(2)14-26(7,35-10)20(6)17(3)23(30)19(5)25(32)38-21/h16-21,24,31,33H,11-15H2,1-10H3/q-1/b29-22+/t16-,17-,18+,19-,20-,21-,24-,26-,27-/m1/s1. The van der Waals surface area contributed by atoms with E-state index in [-0.39, 0.29) is 30.8 Å². The number of hydrogen-bond acceptors (Lipinski definition) is 10. The number of cyclic esters (lactones) is 1. The molecule has 1 aliphatic heterocycles. The van der Waals surface area contributed by atoms with Crippen LogP contribution in [0, 0.1) is 29.6 Å². The second-order valence-electron chi connectivity index (χ2n) is 10.8. The maximum absolute atomic E-state index is 13.3. The summed E-state index contributed by atoms with van der Waals surface area (Å²) in [5.74, 6) is -3.45. The summed E-state index contributed by atoms with van der Waals surface area (Å²) in [6.45, 7) is 15.2. The zero-order valence-corrected chi connectivity index (χ0v) is 26.8. The van der Waals surface area contributed by atoms with Crippen LogP contribution in [0.15, 0.2) is 3.21 Å². The van der Waals surface area contributed by atoms with E-state index in [1.165, 1.54) is 13.8 Å². The first-order chi connectivity index (χ1) is 17.7. The molecule has 11 heteroatoms. The molecule has 0 saturated carbocycles. The summed E-state index contributed by atoms with van der Waals surface area (Å²) in [6.07, 6.45) is -1.56. The van der Waals surface area contributed by atoms with Gasteiger partial charge in [-0.05, 0) is 0 Å². The van der Waals surface area contributed by atoms with Crippen LogP contribution >= 0.6 is 0 Å². The van der Waals surface area contributed by atoms with E-state index >= 15 is 0 Å². The first-order valence-corrected chi connectivity index (χ1v) is 15.1. The van der Waals surface area contributed by atoms with Gasteiger partial charge in [-0.1, -0.05) is 0 Å². The number of methoxy groups -OCH3 is 2. The van der Waals surface area contributed by atoms with Gasteiger partial charge in [0.05, 0.1) is 0 Å². The van der Waals surface area contributed by atoms with Crippen molar-refractivity contribution in [1.29, 1.82) is 0 Å². The van der Waals surface area contributed by atoms with Gasteiger partial charge in [0.15, 0.2) is 0 Å². The predicted molar refractivity (Wildman–Crippen MR) is 139 cm³/mol. The molecule has 0 unspecified atom stereocenters. The van der Waals surface area contributed by atoms with Crippen LogP contribution in [0.25, 0.3) is 0 Å². The van der Waals surface area contributed by atoms with Crippen molar-refractivity contribution in [3.63, 3.8) is 0 Å². The molecule has 10 nitrogen and oxygen atoms in total. The van der Waals surface area contributed by atoms with Crippen LogP contribution in [0.2, 0.25) is 0 Å². The van der Waals surface area contributed by atoms with Gasteiger partial charge < -0.3 is 0 Å². The van der Waals surface area contributed by atoms with Crippen LogP contribution in [0.4, 0.5) is 0 Å². The summed E-state index contributed by atoms with van der Waals surface area (Å²) in [5, 5.41) is 22.8. The fraction of sp³-hybridized carbons (Fsp3) is 0.889. The summed E-state index contributed by atoms with van der Waals surface area (Å²) in [5.41, 5.74) is -1.85. The molecule has 38 heavy (non-hydrogen) atoms. The van der Waals surface area contributed by atoms with E-state index in [4.69, 9.17) is 25.2 Å². The molecule has 0 aromatic rings. The van der Waals surface area contributed by atoms with Gasteiger partial charge in [0, 0.05) is 0 Å². The average Bonchev–Trinajstić information content (AvgIpc) is 2.89. The minimum atomic E-state index is -1.79. The Kier molecular flexibility index (Phi) is 14.8. The zero-order valence-electron chi connectivity index (χ0n) is 24.7. The SMILES string of the molecule is CC[C@H]1OC(=O)[C@H](C)C(=O)[C@H](C)[C@@H](C)[C@](C)(OC)C[C@@H](C)/C(=N\[I-]OCOCCOC)[C@H](C)[C@@H](O)[C@]1(C)O. The molecule has 0 aliphatic carbocycles. The third kappa shape index (κ3) is 8.90. The molecule has 0 aromatic carbocycles. The number of Topliss-reactive ketones (excluding diaryl/α,β-unsaturated/α-hetero) is 1. The van der Waals surface area contributed by atoms with Crippen molar-refractivity contribution in [2.24, 2.45) is 32.8 Å². The van der Waals surface area contributed by atoms with Crippen molar-refractivity contribution in [3.8, 4) is 0 Å². The Morgan fingerprint density at radius 2 is 1.71 bits per heavy atom. The Hall–Kier alpha value is -0.700. The van der Waals surface area contributed by atoms with Gasteiger partial charge in [-0.2, -0.15) is 0 Å². The third-order valence-electron chi connectivity index (χ3n) is 8.19. The van der Waals surface area contributed by atoms with E-state index in [1.54, 1.807) is 28.1 Å². The van der Waals surface area contributed by atoms with Crippen LogP contribution in [0.5, 0.6) is 0 Å². The van der Waals surface area contributed by atoms with Gasteiger partial charge in [-0.3, -0.25) is 0 Å². The molecule has 224 valence electrons. The quantitative estimate of drug-likeness (QED) is 0.115. The van der Waals surface area contributed by atoms with E-state index < -0.39 is 69.0 Å². The van der Waals surface area contributed by atoms with Gasteiger partial charge in [0.2, 0.25) is 0 Å². The van der Waals surface area contributed by atoms with E-state index in [1.807, 2.05) is 27.7 Å². The minimum absolute atomic E-state index is 0.0783. The second kappa shape index (κ2) is 15.9. The molecular formula is C27H49INO9-. The molecule has 1 aliphatic rings. The number of carbonyl (C=O) groups excluding carboxylic acids is 2. The number of nitrogens with zero attached hydrogens (tertiary/aromatic N) is 1. The summed E-state index contributed by atoms with van der Waals surface area (Å²) in [7, 11) is 3.20. The third-order valence-corrected chi connectivity index (χ3v) is 9.47. The number of hydrogen-bond donors (Lipinski definition) is 2. The molecule has 0 aromatic heterocycles. The van der Waals surface area contributed by atoms with Gasteiger partial charge >= 0.3 is 240 Å². The predicted octanol–water partition coefficient (Wildman–Crippen LogP) is -0.0244. The van der Waals surface area contributed by atoms with E-state index in [9.17, 15) is 19.8 Å². The van der Waals surface area contributed by atoms with Crippen LogP contribution in [-0.2, 0) is 31.6 Å². The molecule has 0 radical (unpaired) electrons. The molecule has 1 fully saturated rings. The van der Waals surface area contributed by atoms with Crippen LogP contribution in [0.3, 0.4) is 0 Å². The fourth-order valence-electron chi connectivity index (χ4n) is 5.10. The number of ketones is 1. The molecule has 1 rings (SSSR count). The molecule has 9 atom stereocenters. The molecular weight excluding hydrogens is 609 g/mol. The first kappa shape index (κ1) is 35.3. The van der Waals surface area contributed by atoms with E-state index in [0.717, 1.165) is 0 Å². The van der Waals surface area contributed by atoms with E-state index in [2.05, 4.69) is 0 Å². The topological polar surface area (TPSA) is 133 Å². The Bertz CT molecular complexity index is 793. The normalized spacial score (nSPS) is 39.3. The average molecular weight is 659 g/mol. The molecule has 0 spiro atoms. The van der Waals surface area contributed by atoms with Crippen LogP contribution in [0.1, 0.15) is 68.2 Å². The number of aliphatic hydroxyl groups excluding tert-OH is 1. The summed E-state index contributed by atoms with van der Waals surface area (Å²) >= 11 is -1.13. The van der Waals surface area contributed by atoms with Crippen molar-refractivity contribution < 1.29 is 63.7 Å². The maximum atomic E-state index is 13.3. The fourth-order valence-corrected chi connectivity index (χ4v) is 6.67. The Labute approximate surface area is 239 Å². The number of carbonyl (C=O) groups is 2. The van der Waals surface area contributed by atoms with Crippen molar-refractivity contribution in [3.05, 3.63) is 0 Å². The molecule has 2 N–H and O–H groups in total. The number of ether oxygens (including phenoxy) is 4. The molecule has 1 heterocycles. The summed E-state index contributed by atoms with van der Waals surface area (Å²) < 4.78 is 32.4. The Morgan fingerprint density at radius 3 is 2.26 bits per heavy atom. The Balaban J connectivity index is 3.47. The number of halogens is 1. The molecule has 1 saturated heterocycles. The van der Waals surface area contributed by atoms with Gasteiger partial charge in [0.25, 0.3) is 0 Å². The number of esters is 1. The zero-order chi connectivity index (χ0) is 29.3. The van der Waals surface area contributed by atoms with E-state index in [0.29, 0.717) is 25.3 Å². The monoisotopic (exact) mass is 658 g/mol. The summed E-state index contributed by atoms with van der Waals surface area (Å²) in [6, 6.07) is 0. The van der Waals surface area contributed by atoms with Gasteiger partial charge in [-0.15, -0.1) is 0 Å².